The Morgan fingerprint density at radius 3 is 1.31 bits per heavy atom. The zero-order valence-corrected chi connectivity index (χ0v) is 35.0. The summed E-state index contributed by atoms with van der Waals surface area (Å²) in [5.41, 5.74) is 20.6. The maximum absolute atomic E-state index is 2.42. The van der Waals surface area contributed by atoms with Crippen LogP contribution < -0.4 is 4.90 Å². The van der Waals surface area contributed by atoms with E-state index in [9.17, 15) is 0 Å². The van der Waals surface area contributed by atoms with Crippen molar-refractivity contribution >= 4 is 27.8 Å². The lowest BCUT2D eigenvalue weighted by Crippen LogP contribution is -2.16. The van der Waals surface area contributed by atoms with Gasteiger partial charge in [0, 0.05) is 22.5 Å². The molecule has 1 heteroatoms. The van der Waals surface area contributed by atoms with Gasteiger partial charge in [0.2, 0.25) is 0 Å². The summed E-state index contributed by atoms with van der Waals surface area (Å²) in [6, 6.07) is 86.6. The monoisotopic (exact) mass is 791 g/mol. The second kappa shape index (κ2) is 15.4. The highest BCUT2D eigenvalue weighted by atomic mass is 15.1. The molecule has 10 aromatic rings. The summed E-state index contributed by atoms with van der Waals surface area (Å²) in [6.07, 6.45) is 0. The summed E-state index contributed by atoms with van der Waals surface area (Å²) in [5, 5.41) is 2.51. The van der Waals surface area contributed by atoms with Crippen molar-refractivity contribution in [1.82, 2.24) is 0 Å². The molecule has 0 aromatic heterocycles. The topological polar surface area (TPSA) is 3.24 Å². The van der Waals surface area contributed by atoms with Gasteiger partial charge in [0.05, 0.1) is 0 Å². The van der Waals surface area contributed by atoms with E-state index in [4.69, 9.17) is 0 Å². The first kappa shape index (κ1) is 37.3. The minimum absolute atomic E-state index is 0.113. The van der Waals surface area contributed by atoms with Crippen molar-refractivity contribution < 1.29 is 0 Å². The molecule has 0 radical (unpaired) electrons. The highest BCUT2D eigenvalue weighted by Gasteiger charge is 2.35. The van der Waals surface area contributed by atoms with Gasteiger partial charge in [-0.3, -0.25) is 0 Å². The van der Waals surface area contributed by atoms with E-state index in [1.54, 1.807) is 0 Å². The standard InChI is InChI=1S/C61H45N/c1-61(2)59-23-12-11-22-57(59)58-35-34-56(41-60(58)61)62(54-30-26-45(27-31-54)48-20-13-21-49(36-48)50-25-24-44-18-9-10-19-47(44)37-50)55-32-28-46(29-33-55)53-39-51(42-14-5-3-6-15-42)38-52(40-53)43-16-7-4-8-17-43/h3-41H,1-2H3. The molecule has 0 unspecified atom stereocenters. The van der Waals surface area contributed by atoms with Gasteiger partial charge in [-0.05, 0) is 155 Å². The molecular formula is C61H45N. The van der Waals surface area contributed by atoms with Crippen molar-refractivity contribution in [2.24, 2.45) is 0 Å². The van der Waals surface area contributed by atoms with Crippen LogP contribution in [0.15, 0.2) is 237 Å². The smallest absolute Gasteiger partial charge is 0.0465 e. The third-order valence-electron chi connectivity index (χ3n) is 12.8. The normalized spacial score (nSPS) is 12.5. The van der Waals surface area contributed by atoms with Crippen molar-refractivity contribution in [3.8, 4) is 66.8 Å². The van der Waals surface area contributed by atoms with E-state index in [1.807, 2.05) is 0 Å². The van der Waals surface area contributed by atoms with Gasteiger partial charge < -0.3 is 4.90 Å². The summed E-state index contributed by atoms with van der Waals surface area (Å²) >= 11 is 0. The second-order valence-corrected chi connectivity index (χ2v) is 17.0. The van der Waals surface area contributed by atoms with Gasteiger partial charge >= 0.3 is 0 Å². The molecule has 62 heavy (non-hydrogen) atoms. The van der Waals surface area contributed by atoms with Crippen LogP contribution in [0.3, 0.4) is 0 Å². The van der Waals surface area contributed by atoms with Gasteiger partial charge in [-0.25, -0.2) is 0 Å². The molecular weight excluding hydrogens is 747 g/mol. The predicted molar refractivity (Wildman–Crippen MR) is 263 cm³/mol. The van der Waals surface area contributed by atoms with E-state index in [0.29, 0.717) is 0 Å². The first-order valence-electron chi connectivity index (χ1n) is 21.6. The van der Waals surface area contributed by atoms with E-state index in [2.05, 4.69) is 255 Å². The molecule has 0 heterocycles. The third kappa shape index (κ3) is 6.79. The van der Waals surface area contributed by atoms with Crippen LogP contribution in [-0.2, 0) is 5.41 Å². The van der Waals surface area contributed by atoms with E-state index >= 15 is 0 Å². The van der Waals surface area contributed by atoms with Crippen molar-refractivity contribution in [3.05, 3.63) is 248 Å². The number of hydrogen-bond acceptors (Lipinski definition) is 1. The van der Waals surface area contributed by atoms with Gasteiger partial charge in [-0.1, -0.05) is 184 Å². The average molecular weight is 792 g/mol. The SMILES string of the molecule is CC1(C)c2ccccc2-c2ccc(N(c3ccc(-c4cccc(-c5ccc6ccccc6c5)c4)cc3)c3ccc(-c4cc(-c5ccccc5)cc(-c5ccccc5)c4)cc3)cc21. The zero-order chi connectivity index (χ0) is 41.6. The van der Waals surface area contributed by atoms with Crippen LogP contribution in [-0.4, -0.2) is 0 Å². The van der Waals surface area contributed by atoms with Crippen molar-refractivity contribution in [1.29, 1.82) is 0 Å². The number of benzene rings is 10. The quantitative estimate of drug-likeness (QED) is 0.148. The van der Waals surface area contributed by atoms with Gasteiger partial charge in [0.1, 0.15) is 0 Å². The largest absolute Gasteiger partial charge is 0.310 e. The molecule has 1 nitrogen and oxygen atoms in total. The van der Waals surface area contributed by atoms with Crippen LogP contribution in [0, 0.1) is 0 Å². The number of hydrogen-bond donors (Lipinski definition) is 0. The fourth-order valence-electron chi connectivity index (χ4n) is 9.52. The van der Waals surface area contributed by atoms with Crippen molar-refractivity contribution in [2.75, 3.05) is 4.90 Å². The molecule has 0 spiro atoms. The van der Waals surface area contributed by atoms with E-state index in [-0.39, 0.29) is 5.41 Å². The Labute approximate surface area is 364 Å². The molecule has 1 aliphatic rings. The van der Waals surface area contributed by atoms with Crippen LogP contribution in [0.4, 0.5) is 17.1 Å². The molecule has 0 atom stereocenters. The van der Waals surface area contributed by atoms with Gasteiger partial charge in [0.25, 0.3) is 0 Å². The van der Waals surface area contributed by atoms with Crippen LogP contribution in [0.1, 0.15) is 25.0 Å². The minimum Gasteiger partial charge on any atom is -0.310 e. The fourth-order valence-corrected chi connectivity index (χ4v) is 9.52. The Hall–Kier alpha value is -7.74. The van der Waals surface area contributed by atoms with Crippen LogP contribution in [0.5, 0.6) is 0 Å². The molecule has 11 rings (SSSR count). The summed E-state index contributed by atoms with van der Waals surface area (Å²) < 4.78 is 0. The van der Waals surface area contributed by atoms with Crippen LogP contribution in [0.25, 0.3) is 77.5 Å². The summed E-state index contributed by atoms with van der Waals surface area (Å²) in [7, 11) is 0. The van der Waals surface area contributed by atoms with Crippen molar-refractivity contribution in [2.45, 2.75) is 19.3 Å². The molecule has 1 aliphatic carbocycles. The van der Waals surface area contributed by atoms with E-state index < -0.39 is 0 Å². The second-order valence-electron chi connectivity index (χ2n) is 17.0. The van der Waals surface area contributed by atoms with Crippen LogP contribution >= 0.6 is 0 Å². The first-order valence-corrected chi connectivity index (χ1v) is 21.6. The summed E-state index contributed by atoms with van der Waals surface area (Å²) in [6.45, 7) is 4.71. The maximum atomic E-state index is 2.42. The van der Waals surface area contributed by atoms with Gasteiger partial charge in [-0.2, -0.15) is 0 Å². The Morgan fingerprint density at radius 2 is 0.677 bits per heavy atom. The molecule has 0 N–H and O–H groups in total. The minimum atomic E-state index is -0.113. The molecule has 0 saturated carbocycles. The Balaban J connectivity index is 0.987. The molecule has 0 bridgehead atoms. The van der Waals surface area contributed by atoms with Gasteiger partial charge in [-0.15, -0.1) is 0 Å². The number of fused-ring (bicyclic) bond motifs is 4. The molecule has 0 fully saturated rings. The Bertz CT molecular complexity index is 3170. The maximum Gasteiger partial charge on any atom is 0.0465 e. The zero-order valence-electron chi connectivity index (χ0n) is 35.0. The summed E-state index contributed by atoms with van der Waals surface area (Å²) in [5.74, 6) is 0. The molecule has 0 amide bonds. The van der Waals surface area contributed by atoms with Gasteiger partial charge in [0.15, 0.2) is 0 Å². The Morgan fingerprint density at radius 1 is 0.258 bits per heavy atom. The summed E-state index contributed by atoms with van der Waals surface area (Å²) in [4.78, 5) is 2.41. The number of rotatable bonds is 8. The lowest BCUT2D eigenvalue weighted by Gasteiger charge is -2.28. The van der Waals surface area contributed by atoms with Crippen molar-refractivity contribution in [3.63, 3.8) is 0 Å². The number of nitrogens with zero attached hydrogens (tertiary/aromatic N) is 1. The number of anilines is 3. The molecule has 0 aliphatic heterocycles. The lowest BCUT2D eigenvalue weighted by molar-refractivity contribution is 0.660. The van der Waals surface area contributed by atoms with E-state index in [0.717, 1.165) is 17.1 Å². The molecule has 0 saturated heterocycles. The third-order valence-corrected chi connectivity index (χ3v) is 12.8. The van der Waals surface area contributed by atoms with Crippen LogP contribution in [0.2, 0.25) is 0 Å². The molecule has 294 valence electrons. The lowest BCUT2D eigenvalue weighted by atomic mass is 9.82. The fraction of sp³-hybridized carbons (Fsp3) is 0.0492. The molecule has 10 aromatic carbocycles. The highest BCUT2D eigenvalue weighted by Crippen LogP contribution is 2.51. The highest BCUT2D eigenvalue weighted by molar-refractivity contribution is 5.90. The predicted octanol–water partition coefficient (Wildman–Crippen LogP) is 17.0. The Kier molecular flexibility index (Phi) is 9.24. The average Bonchev–Trinajstić information content (AvgIpc) is 3.57. The van der Waals surface area contributed by atoms with E-state index in [1.165, 1.54) is 88.7 Å². The first-order chi connectivity index (χ1) is 30.5.